The van der Waals surface area contributed by atoms with Gasteiger partial charge in [-0.25, -0.2) is 0 Å². The van der Waals surface area contributed by atoms with Gasteiger partial charge in [-0.3, -0.25) is 14.4 Å². The lowest BCUT2D eigenvalue weighted by Crippen LogP contribution is -2.52. The highest BCUT2D eigenvalue weighted by Crippen LogP contribution is 2.23. The zero-order valence-corrected chi connectivity index (χ0v) is 11.5. The second-order valence-corrected chi connectivity index (χ2v) is 4.50. The van der Waals surface area contributed by atoms with Crippen LogP contribution < -0.4 is 0 Å². The maximum absolute atomic E-state index is 12.6. The molecule has 0 saturated heterocycles. The van der Waals surface area contributed by atoms with Gasteiger partial charge in [-0.1, -0.05) is 20.8 Å². The predicted molar refractivity (Wildman–Crippen MR) is 69.2 cm³/mol. The number of ketones is 1. The fourth-order valence-electron chi connectivity index (χ4n) is 2.26. The van der Waals surface area contributed by atoms with E-state index in [0.29, 0.717) is 5.69 Å². The van der Waals surface area contributed by atoms with Crippen LogP contribution in [0.25, 0.3) is 0 Å². The molecule has 0 aliphatic heterocycles. The smallest absolute Gasteiger partial charge is 0.202 e. The van der Waals surface area contributed by atoms with Crippen molar-refractivity contribution in [2.45, 2.75) is 39.7 Å². The first-order valence-corrected chi connectivity index (χ1v) is 6.29. The van der Waals surface area contributed by atoms with Crippen LogP contribution in [0.5, 0.6) is 0 Å². The number of hydrogen-bond acceptors (Lipinski definition) is 3. The number of hydrogen-bond donors (Lipinski definition) is 0. The summed E-state index contributed by atoms with van der Waals surface area (Å²) in [5, 5.41) is 4.22. The van der Waals surface area contributed by atoms with E-state index in [1.54, 1.807) is 10.7 Å². The fraction of sp³-hybridized carbons (Fsp3) is 0.692. The number of likely N-dealkylation sites (N-methyl/N-ethyl adjacent to an activating group) is 1. The fourth-order valence-corrected chi connectivity index (χ4v) is 2.26. The molecule has 4 heteroatoms. The van der Waals surface area contributed by atoms with Gasteiger partial charge >= 0.3 is 0 Å². The van der Waals surface area contributed by atoms with Gasteiger partial charge in [-0.15, -0.1) is 0 Å². The average Bonchev–Trinajstić information content (AvgIpc) is 2.76. The summed E-state index contributed by atoms with van der Waals surface area (Å²) in [5.74, 6) is 0.115. The minimum Gasteiger partial charge on any atom is -0.291 e. The molecule has 17 heavy (non-hydrogen) atoms. The van der Waals surface area contributed by atoms with Crippen LogP contribution in [0.1, 0.15) is 44.6 Å². The molecule has 0 aliphatic carbocycles. The van der Waals surface area contributed by atoms with E-state index in [1.807, 2.05) is 20.2 Å². The monoisotopic (exact) mass is 237 g/mol. The van der Waals surface area contributed by atoms with Crippen molar-refractivity contribution in [3.8, 4) is 0 Å². The lowest BCUT2D eigenvalue weighted by molar-refractivity contribution is 0.0601. The summed E-state index contributed by atoms with van der Waals surface area (Å²) in [6, 6.07) is 1.79. The number of aromatic nitrogens is 2. The van der Waals surface area contributed by atoms with E-state index >= 15 is 0 Å². The van der Waals surface area contributed by atoms with Crippen molar-refractivity contribution in [1.82, 2.24) is 14.7 Å². The average molecular weight is 237 g/mol. The summed E-state index contributed by atoms with van der Waals surface area (Å²) in [4.78, 5) is 14.8. The molecule has 0 spiro atoms. The second kappa shape index (κ2) is 5.45. The van der Waals surface area contributed by atoms with Crippen molar-refractivity contribution in [2.24, 2.45) is 7.05 Å². The summed E-state index contributed by atoms with van der Waals surface area (Å²) in [6.45, 7) is 9.99. The second-order valence-electron chi connectivity index (χ2n) is 4.50. The lowest BCUT2D eigenvalue weighted by atomic mass is 9.89. The largest absolute Gasteiger partial charge is 0.291 e. The van der Waals surface area contributed by atoms with Gasteiger partial charge in [-0.05, 0) is 32.5 Å². The molecule has 1 rings (SSSR count). The molecule has 1 unspecified atom stereocenters. The van der Waals surface area contributed by atoms with Crippen LogP contribution in [0.15, 0.2) is 12.3 Å². The first-order chi connectivity index (χ1) is 7.99. The number of nitrogens with zero attached hydrogens (tertiary/aromatic N) is 3. The minimum atomic E-state index is -0.447. The van der Waals surface area contributed by atoms with Gasteiger partial charge in [0, 0.05) is 13.2 Å². The van der Waals surface area contributed by atoms with Gasteiger partial charge in [0.05, 0.1) is 5.54 Å². The van der Waals surface area contributed by atoms with Crippen molar-refractivity contribution >= 4 is 5.78 Å². The van der Waals surface area contributed by atoms with E-state index in [-0.39, 0.29) is 5.78 Å². The molecule has 0 amide bonds. The molecule has 0 saturated carbocycles. The van der Waals surface area contributed by atoms with Crippen molar-refractivity contribution in [3.63, 3.8) is 0 Å². The van der Waals surface area contributed by atoms with E-state index in [0.717, 1.165) is 19.5 Å². The zero-order valence-electron chi connectivity index (χ0n) is 11.5. The Hall–Kier alpha value is -1.16. The highest BCUT2D eigenvalue weighted by Gasteiger charge is 2.37. The van der Waals surface area contributed by atoms with Gasteiger partial charge < -0.3 is 0 Å². The van der Waals surface area contributed by atoms with Gasteiger partial charge in [0.15, 0.2) is 0 Å². The highest BCUT2D eigenvalue weighted by molar-refractivity contribution is 6.01. The van der Waals surface area contributed by atoms with E-state index in [9.17, 15) is 4.79 Å². The normalized spacial score (nSPS) is 14.9. The van der Waals surface area contributed by atoms with E-state index in [1.165, 1.54) is 0 Å². The van der Waals surface area contributed by atoms with Crippen molar-refractivity contribution in [1.29, 1.82) is 0 Å². The van der Waals surface area contributed by atoms with Gasteiger partial charge in [0.25, 0.3) is 0 Å². The SMILES string of the molecule is CCN(CC)C(C)(CC)C(=O)c1ccn(C)n1. The summed E-state index contributed by atoms with van der Waals surface area (Å²) >= 11 is 0. The van der Waals surface area contributed by atoms with E-state index < -0.39 is 5.54 Å². The summed E-state index contributed by atoms with van der Waals surface area (Å²) < 4.78 is 1.67. The van der Waals surface area contributed by atoms with E-state index in [4.69, 9.17) is 0 Å². The van der Waals surface area contributed by atoms with Crippen LogP contribution in [0, 0.1) is 0 Å². The van der Waals surface area contributed by atoms with Crippen molar-refractivity contribution in [2.75, 3.05) is 13.1 Å². The highest BCUT2D eigenvalue weighted by atomic mass is 16.1. The molecule has 1 heterocycles. The summed E-state index contributed by atoms with van der Waals surface area (Å²) in [5.41, 5.74) is 0.112. The van der Waals surface area contributed by atoms with Gasteiger partial charge in [0.1, 0.15) is 5.69 Å². The Labute approximate surface area is 104 Å². The molecule has 0 aromatic carbocycles. The van der Waals surface area contributed by atoms with Crippen LogP contribution in [0.2, 0.25) is 0 Å². The molecule has 1 aromatic rings. The quantitative estimate of drug-likeness (QED) is 0.711. The van der Waals surface area contributed by atoms with Crippen LogP contribution in [-0.2, 0) is 7.05 Å². The Bertz CT molecular complexity index is 382. The number of carbonyl (C=O) groups is 1. The zero-order chi connectivity index (χ0) is 13.1. The van der Waals surface area contributed by atoms with Crippen LogP contribution in [-0.4, -0.2) is 39.1 Å². The first-order valence-electron chi connectivity index (χ1n) is 6.29. The molecular formula is C13H23N3O. The third kappa shape index (κ3) is 2.57. The molecule has 0 radical (unpaired) electrons. The lowest BCUT2D eigenvalue weighted by Gasteiger charge is -2.37. The molecule has 1 atom stereocenters. The Morgan fingerprint density at radius 2 is 2.00 bits per heavy atom. The van der Waals surface area contributed by atoms with Crippen LogP contribution >= 0.6 is 0 Å². The first kappa shape index (κ1) is 13.9. The molecule has 0 bridgehead atoms. The Kier molecular flexibility index (Phi) is 4.46. The number of rotatable bonds is 6. The molecule has 96 valence electrons. The number of carbonyl (C=O) groups excluding carboxylic acids is 1. The molecule has 4 nitrogen and oxygen atoms in total. The van der Waals surface area contributed by atoms with Crippen LogP contribution in [0.4, 0.5) is 0 Å². The van der Waals surface area contributed by atoms with Crippen LogP contribution in [0.3, 0.4) is 0 Å². The van der Waals surface area contributed by atoms with E-state index in [2.05, 4.69) is 30.8 Å². The summed E-state index contributed by atoms with van der Waals surface area (Å²) in [7, 11) is 1.83. The van der Waals surface area contributed by atoms with Gasteiger partial charge in [-0.2, -0.15) is 5.10 Å². The Morgan fingerprint density at radius 3 is 2.35 bits per heavy atom. The Morgan fingerprint density at radius 1 is 1.41 bits per heavy atom. The molecule has 0 aliphatic rings. The summed E-state index contributed by atoms with van der Waals surface area (Å²) in [6.07, 6.45) is 2.61. The standard InChI is InChI=1S/C13H23N3O/c1-6-13(4,16(7-2)8-3)12(17)11-9-10-15(5)14-11/h9-10H,6-8H2,1-5H3. The van der Waals surface area contributed by atoms with Gasteiger partial charge in [0.2, 0.25) is 5.78 Å². The number of aryl methyl sites for hydroxylation is 1. The number of Topliss-reactive ketones (excluding diaryl/α,β-unsaturated/α-hetero) is 1. The molecule has 0 fully saturated rings. The maximum Gasteiger partial charge on any atom is 0.202 e. The molecule has 0 N–H and O–H groups in total. The van der Waals surface area contributed by atoms with Crippen molar-refractivity contribution in [3.05, 3.63) is 18.0 Å². The Balaban J connectivity index is 3.04. The molecular weight excluding hydrogens is 214 g/mol. The van der Waals surface area contributed by atoms with Crippen molar-refractivity contribution < 1.29 is 4.79 Å². The molecule has 1 aromatic heterocycles. The topological polar surface area (TPSA) is 38.1 Å². The maximum atomic E-state index is 12.6. The third-order valence-electron chi connectivity index (χ3n) is 3.59. The minimum absolute atomic E-state index is 0.115. The predicted octanol–water partition coefficient (Wildman–Crippen LogP) is 2.11. The third-order valence-corrected chi connectivity index (χ3v) is 3.59.